The Kier molecular flexibility index (Phi) is 1.90. The summed E-state index contributed by atoms with van der Waals surface area (Å²) in [6.45, 7) is 1.63. The van der Waals surface area contributed by atoms with E-state index in [9.17, 15) is 13.2 Å². The van der Waals surface area contributed by atoms with E-state index >= 15 is 0 Å². The molecule has 0 amide bonds. The first-order valence-corrected chi connectivity index (χ1v) is 4.25. The lowest BCUT2D eigenvalue weighted by Crippen LogP contribution is -2.22. The van der Waals surface area contributed by atoms with E-state index in [1.165, 1.54) is 0 Å². The molecule has 2 rings (SSSR count). The molecule has 0 radical (unpaired) electrons. The minimum Gasteiger partial charge on any atom is -0.369 e. The number of aryl methyl sites for hydroxylation is 1. The monoisotopic (exact) mass is 202 g/mol. The third-order valence-corrected chi connectivity index (χ3v) is 2.30. The first-order chi connectivity index (χ1) is 6.48. The number of alkyl halides is 3. The summed E-state index contributed by atoms with van der Waals surface area (Å²) in [5.74, 6) is -1.05. The van der Waals surface area contributed by atoms with Crippen LogP contribution in [0.5, 0.6) is 0 Å². The van der Waals surface area contributed by atoms with E-state index in [1.807, 2.05) is 0 Å². The maximum atomic E-state index is 12.5. The largest absolute Gasteiger partial charge is 0.397 e. The molecule has 0 aliphatic carbocycles. The van der Waals surface area contributed by atoms with Crippen molar-refractivity contribution in [1.82, 2.24) is 4.98 Å². The quantitative estimate of drug-likeness (QED) is 0.699. The molecule has 0 saturated carbocycles. The summed E-state index contributed by atoms with van der Waals surface area (Å²) in [6, 6.07) is 1.54. The summed E-state index contributed by atoms with van der Waals surface area (Å²) in [4.78, 5) is 3.91. The Labute approximate surface area is 79.2 Å². The number of fused-ring (bicyclic) bond motifs is 1. The zero-order valence-corrected chi connectivity index (χ0v) is 7.52. The molecule has 0 saturated heterocycles. The summed E-state index contributed by atoms with van der Waals surface area (Å²) in [5.41, 5.74) is 1.01. The van der Waals surface area contributed by atoms with Crippen LogP contribution in [0.25, 0.3) is 0 Å². The topological polar surface area (TPSA) is 24.9 Å². The summed E-state index contributed by atoms with van der Waals surface area (Å²) in [6.07, 6.45) is -2.63. The smallest absolute Gasteiger partial charge is 0.369 e. The van der Waals surface area contributed by atoms with Crippen LogP contribution in [0.1, 0.15) is 17.0 Å². The van der Waals surface area contributed by atoms with Gasteiger partial charge >= 0.3 is 6.18 Å². The Balaban J connectivity index is 2.43. The minimum atomic E-state index is -4.19. The first-order valence-electron chi connectivity index (χ1n) is 4.25. The highest BCUT2D eigenvalue weighted by atomic mass is 19.4. The van der Waals surface area contributed by atoms with Gasteiger partial charge < -0.3 is 5.32 Å². The van der Waals surface area contributed by atoms with E-state index in [2.05, 4.69) is 10.3 Å². The molecule has 1 unspecified atom stereocenters. The van der Waals surface area contributed by atoms with Gasteiger partial charge in [-0.05, 0) is 12.5 Å². The van der Waals surface area contributed by atoms with Gasteiger partial charge in [0, 0.05) is 18.3 Å². The van der Waals surface area contributed by atoms with E-state index in [4.69, 9.17) is 0 Å². The van der Waals surface area contributed by atoms with Crippen LogP contribution in [-0.4, -0.2) is 17.7 Å². The van der Waals surface area contributed by atoms with Crippen molar-refractivity contribution in [1.29, 1.82) is 0 Å². The van der Waals surface area contributed by atoms with Crippen molar-refractivity contribution in [3.8, 4) is 0 Å². The molecule has 2 heterocycles. The molecule has 0 aromatic carbocycles. The van der Waals surface area contributed by atoms with Crippen LogP contribution >= 0.6 is 0 Å². The fourth-order valence-corrected chi connectivity index (χ4v) is 1.61. The summed E-state index contributed by atoms with van der Waals surface area (Å²) in [5, 5.41) is 2.65. The molecule has 1 atom stereocenters. The van der Waals surface area contributed by atoms with E-state index in [1.54, 1.807) is 19.2 Å². The van der Waals surface area contributed by atoms with E-state index in [-0.39, 0.29) is 12.1 Å². The van der Waals surface area contributed by atoms with Crippen molar-refractivity contribution in [2.24, 2.45) is 0 Å². The minimum absolute atomic E-state index is 0.102. The maximum Gasteiger partial charge on any atom is 0.397 e. The molecule has 1 aromatic rings. The van der Waals surface area contributed by atoms with Crippen molar-refractivity contribution in [3.05, 3.63) is 23.4 Å². The van der Waals surface area contributed by atoms with Crippen molar-refractivity contribution >= 4 is 5.82 Å². The summed E-state index contributed by atoms with van der Waals surface area (Å²) in [7, 11) is 0. The number of nitrogens with zero attached hydrogens (tertiary/aromatic N) is 1. The molecular weight excluding hydrogens is 193 g/mol. The molecule has 76 valence electrons. The Morgan fingerprint density at radius 3 is 2.86 bits per heavy atom. The van der Waals surface area contributed by atoms with Gasteiger partial charge in [0.1, 0.15) is 11.7 Å². The van der Waals surface area contributed by atoms with Crippen LogP contribution in [0.4, 0.5) is 19.0 Å². The Morgan fingerprint density at radius 2 is 2.21 bits per heavy atom. The predicted molar refractivity (Wildman–Crippen MR) is 46.3 cm³/mol. The third-order valence-electron chi connectivity index (χ3n) is 2.30. The fourth-order valence-electron chi connectivity index (χ4n) is 1.61. The lowest BCUT2D eigenvalue weighted by Gasteiger charge is -2.13. The number of rotatable bonds is 0. The van der Waals surface area contributed by atoms with Gasteiger partial charge in [-0.1, -0.05) is 6.07 Å². The summed E-state index contributed by atoms with van der Waals surface area (Å²) >= 11 is 0. The SMILES string of the molecule is Cc1cnc2c(c1)C(C(F)(F)F)CN2. The van der Waals surface area contributed by atoms with Crippen LogP contribution in [0.2, 0.25) is 0 Å². The van der Waals surface area contributed by atoms with Gasteiger partial charge in [0.2, 0.25) is 0 Å². The zero-order chi connectivity index (χ0) is 10.3. The third kappa shape index (κ3) is 1.42. The van der Waals surface area contributed by atoms with Crippen LogP contribution in [0.15, 0.2) is 12.3 Å². The normalized spacial score (nSPS) is 20.4. The van der Waals surface area contributed by atoms with Crippen LogP contribution in [0, 0.1) is 6.92 Å². The second-order valence-corrected chi connectivity index (χ2v) is 3.43. The van der Waals surface area contributed by atoms with Crippen LogP contribution < -0.4 is 5.32 Å². The second-order valence-electron chi connectivity index (χ2n) is 3.43. The lowest BCUT2D eigenvalue weighted by molar-refractivity contribution is -0.145. The molecular formula is C9H9F3N2. The highest BCUT2D eigenvalue weighted by Crippen LogP contribution is 2.41. The van der Waals surface area contributed by atoms with Crippen LogP contribution in [-0.2, 0) is 0 Å². The highest BCUT2D eigenvalue weighted by Gasteiger charge is 2.44. The number of hydrogen-bond donors (Lipinski definition) is 1. The van der Waals surface area contributed by atoms with Crippen molar-refractivity contribution in [2.75, 3.05) is 11.9 Å². The van der Waals surface area contributed by atoms with E-state index in [0.29, 0.717) is 5.82 Å². The molecule has 0 spiro atoms. The second kappa shape index (κ2) is 2.87. The van der Waals surface area contributed by atoms with Gasteiger partial charge in [0.15, 0.2) is 0 Å². The molecule has 5 heteroatoms. The van der Waals surface area contributed by atoms with Gasteiger partial charge in [-0.2, -0.15) is 13.2 Å². The molecule has 0 bridgehead atoms. The van der Waals surface area contributed by atoms with Crippen molar-refractivity contribution in [3.63, 3.8) is 0 Å². The number of hydrogen-bond acceptors (Lipinski definition) is 2. The van der Waals surface area contributed by atoms with Gasteiger partial charge in [0.05, 0.1) is 0 Å². The molecule has 14 heavy (non-hydrogen) atoms. The van der Waals surface area contributed by atoms with Crippen molar-refractivity contribution < 1.29 is 13.2 Å². The average Bonchev–Trinajstić information content (AvgIpc) is 2.45. The average molecular weight is 202 g/mol. The fraction of sp³-hybridized carbons (Fsp3) is 0.444. The number of pyridine rings is 1. The Bertz CT molecular complexity index is 360. The molecule has 2 nitrogen and oxygen atoms in total. The van der Waals surface area contributed by atoms with Crippen LogP contribution in [0.3, 0.4) is 0 Å². The van der Waals surface area contributed by atoms with Gasteiger partial charge in [-0.3, -0.25) is 0 Å². The molecule has 1 aliphatic heterocycles. The first kappa shape index (κ1) is 9.30. The molecule has 1 aromatic heterocycles. The van der Waals surface area contributed by atoms with Gasteiger partial charge in [0.25, 0.3) is 0 Å². The van der Waals surface area contributed by atoms with Gasteiger partial charge in [-0.15, -0.1) is 0 Å². The predicted octanol–water partition coefficient (Wildman–Crippen LogP) is 2.46. The Morgan fingerprint density at radius 1 is 1.50 bits per heavy atom. The Hall–Kier alpha value is -1.26. The summed E-state index contributed by atoms with van der Waals surface area (Å²) < 4.78 is 37.5. The number of aromatic nitrogens is 1. The van der Waals surface area contributed by atoms with E-state index < -0.39 is 12.1 Å². The highest BCUT2D eigenvalue weighted by molar-refractivity contribution is 5.53. The lowest BCUT2D eigenvalue weighted by atomic mass is 10.0. The zero-order valence-electron chi connectivity index (χ0n) is 7.52. The van der Waals surface area contributed by atoms with Crippen molar-refractivity contribution in [2.45, 2.75) is 19.0 Å². The molecule has 0 fully saturated rings. The number of halogens is 3. The standard InChI is InChI=1S/C9H9F3N2/c1-5-2-6-7(9(10,11)12)4-14-8(6)13-3-5/h2-3,7H,4H2,1H3,(H,13,14). The molecule has 1 N–H and O–H groups in total. The maximum absolute atomic E-state index is 12.5. The van der Waals surface area contributed by atoms with Gasteiger partial charge in [-0.25, -0.2) is 4.98 Å². The molecule has 1 aliphatic rings. The number of anilines is 1. The number of nitrogens with one attached hydrogen (secondary N) is 1. The van der Waals surface area contributed by atoms with E-state index in [0.717, 1.165) is 5.56 Å².